The van der Waals surface area contributed by atoms with Crippen LogP contribution in [0.5, 0.6) is 11.5 Å². The molecule has 0 saturated carbocycles. The molecule has 0 unspecified atom stereocenters. The van der Waals surface area contributed by atoms with Crippen molar-refractivity contribution >= 4 is 51.7 Å². The first-order valence-corrected chi connectivity index (χ1v) is 12.1. The van der Waals surface area contributed by atoms with Crippen molar-refractivity contribution in [1.29, 1.82) is 0 Å². The van der Waals surface area contributed by atoms with Crippen LogP contribution in [-0.2, 0) is 11.3 Å². The zero-order valence-electron chi connectivity index (χ0n) is 18.7. The van der Waals surface area contributed by atoms with Crippen molar-refractivity contribution in [3.8, 4) is 11.5 Å². The fraction of sp³-hybridized carbons (Fsp3) is 0.250. The number of amides is 1. The van der Waals surface area contributed by atoms with Gasteiger partial charge >= 0.3 is 0 Å². The van der Waals surface area contributed by atoms with Crippen LogP contribution in [0.1, 0.15) is 30.0 Å². The number of aromatic nitrogens is 2. The summed E-state index contributed by atoms with van der Waals surface area (Å²) in [4.78, 5) is 33.2. The van der Waals surface area contributed by atoms with Gasteiger partial charge in [0.2, 0.25) is 6.79 Å². The number of ether oxygens (including phenoxy) is 2. The van der Waals surface area contributed by atoms with Gasteiger partial charge in [0, 0.05) is 12.7 Å². The Morgan fingerprint density at radius 2 is 2.03 bits per heavy atom. The number of pyridine rings is 1. The van der Waals surface area contributed by atoms with E-state index in [0.717, 1.165) is 17.5 Å². The van der Waals surface area contributed by atoms with Gasteiger partial charge < -0.3 is 14.8 Å². The lowest BCUT2D eigenvalue weighted by Crippen LogP contribution is -2.27. The molecule has 2 aliphatic rings. The molecule has 1 N–H and O–H groups in total. The third-order valence-corrected chi connectivity index (χ3v) is 6.85. The van der Waals surface area contributed by atoms with E-state index in [2.05, 4.69) is 10.3 Å². The number of carbonyl (C=O) groups is 1. The smallest absolute Gasteiger partial charge is 0.267 e. The van der Waals surface area contributed by atoms with E-state index in [1.165, 1.54) is 21.1 Å². The standard InChI is InChI=1S/C24H22N4O4S2/c1-3-8-25-21-16(22(29)27-11-14(2)4-7-20(27)26-21)10-19-23(30)28(24(33)34-19)12-15-5-6-17-18(9-15)32-13-31-17/h4-7,9-11,25H,3,8,12-13H2,1-2H3. The molecule has 0 bridgehead atoms. The Morgan fingerprint density at radius 1 is 1.21 bits per heavy atom. The Hall–Kier alpha value is -3.37. The molecule has 2 aromatic heterocycles. The molecule has 1 saturated heterocycles. The summed E-state index contributed by atoms with van der Waals surface area (Å²) in [6.45, 7) is 5.08. The third kappa shape index (κ3) is 4.14. The van der Waals surface area contributed by atoms with Crippen LogP contribution in [0, 0.1) is 6.92 Å². The minimum atomic E-state index is -0.247. The number of anilines is 1. The maximum absolute atomic E-state index is 13.4. The highest BCUT2D eigenvalue weighted by Gasteiger charge is 2.33. The summed E-state index contributed by atoms with van der Waals surface area (Å²) in [6.07, 6.45) is 4.21. The Labute approximate surface area is 205 Å². The zero-order valence-corrected chi connectivity index (χ0v) is 20.3. The summed E-state index contributed by atoms with van der Waals surface area (Å²) in [5.74, 6) is 1.54. The molecule has 1 fully saturated rings. The number of nitrogens with zero attached hydrogens (tertiary/aromatic N) is 3. The topological polar surface area (TPSA) is 85.2 Å². The van der Waals surface area contributed by atoms with Gasteiger partial charge in [0.15, 0.2) is 11.5 Å². The van der Waals surface area contributed by atoms with Crippen LogP contribution in [0.4, 0.5) is 5.82 Å². The van der Waals surface area contributed by atoms with Gasteiger partial charge in [-0.3, -0.25) is 18.9 Å². The zero-order chi connectivity index (χ0) is 23.8. The molecule has 0 atom stereocenters. The number of thiocarbonyl (C=S) groups is 1. The minimum Gasteiger partial charge on any atom is -0.454 e. The number of carbonyl (C=O) groups excluding carboxylic acids is 1. The Kier molecular flexibility index (Phi) is 6.01. The van der Waals surface area contributed by atoms with Gasteiger partial charge in [0.25, 0.3) is 11.5 Å². The third-order valence-electron chi connectivity index (χ3n) is 5.47. The SMILES string of the molecule is CCCNc1nc2ccc(C)cn2c(=O)c1C=C1SC(=S)N(Cc2ccc3c(c2)OCO3)C1=O. The van der Waals surface area contributed by atoms with Crippen molar-refractivity contribution in [1.82, 2.24) is 14.3 Å². The van der Waals surface area contributed by atoms with Crippen LogP contribution < -0.4 is 20.3 Å². The number of benzene rings is 1. The van der Waals surface area contributed by atoms with E-state index in [0.29, 0.717) is 50.8 Å². The van der Waals surface area contributed by atoms with Crippen LogP contribution in [0.25, 0.3) is 11.7 Å². The van der Waals surface area contributed by atoms with Gasteiger partial charge in [-0.25, -0.2) is 4.98 Å². The molecular formula is C24H22N4O4S2. The lowest BCUT2D eigenvalue weighted by atomic mass is 10.2. The van der Waals surface area contributed by atoms with Gasteiger partial charge in [-0.1, -0.05) is 43.0 Å². The molecule has 0 aliphatic carbocycles. The number of hydrogen-bond acceptors (Lipinski definition) is 8. The molecule has 174 valence electrons. The average Bonchev–Trinajstić information content (AvgIpc) is 3.39. The molecule has 4 heterocycles. The summed E-state index contributed by atoms with van der Waals surface area (Å²) < 4.78 is 12.7. The molecule has 2 aliphatic heterocycles. The first-order valence-electron chi connectivity index (χ1n) is 10.9. The van der Waals surface area contributed by atoms with Crippen LogP contribution in [0.3, 0.4) is 0 Å². The normalized spacial score (nSPS) is 16.2. The lowest BCUT2D eigenvalue weighted by Gasteiger charge is -2.14. The summed E-state index contributed by atoms with van der Waals surface area (Å²) in [5, 5.41) is 3.22. The molecular weight excluding hydrogens is 472 g/mol. The molecule has 34 heavy (non-hydrogen) atoms. The van der Waals surface area contributed by atoms with Crippen molar-refractivity contribution in [2.45, 2.75) is 26.8 Å². The number of rotatable bonds is 6. The second-order valence-corrected chi connectivity index (χ2v) is 9.67. The van der Waals surface area contributed by atoms with E-state index in [1.54, 1.807) is 12.3 Å². The number of hydrogen-bond donors (Lipinski definition) is 1. The Morgan fingerprint density at radius 3 is 2.85 bits per heavy atom. The van der Waals surface area contributed by atoms with E-state index in [4.69, 9.17) is 21.7 Å². The quantitative estimate of drug-likeness (QED) is 0.407. The molecule has 1 amide bonds. The number of fused-ring (bicyclic) bond motifs is 2. The van der Waals surface area contributed by atoms with Crippen molar-refractivity contribution < 1.29 is 14.3 Å². The van der Waals surface area contributed by atoms with Crippen LogP contribution in [0.15, 0.2) is 46.2 Å². The fourth-order valence-electron chi connectivity index (χ4n) is 3.76. The molecule has 8 nitrogen and oxygen atoms in total. The molecule has 3 aromatic rings. The molecule has 5 rings (SSSR count). The fourth-order valence-corrected chi connectivity index (χ4v) is 4.99. The predicted octanol–water partition coefficient (Wildman–Crippen LogP) is 3.95. The monoisotopic (exact) mass is 494 g/mol. The van der Waals surface area contributed by atoms with E-state index in [9.17, 15) is 9.59 Å². The average molecular weight is 495 g/mol. The predicted molar refractivity (Wildman–Crippen MR) is 136 cm³/mol. The van der Waals surface area contributed by atoms with Gasteiger partial charge in [-0.2, -0.15) is 0 Å². The van der Waals surface area contributed by atoms with Crippen LogP contribution in [-0.4, -0.2) is 37.8 Å². The Bertz CT molecular complexity index is 1420. The van der Waals surface area contributed by atoms with Crippen LogP contribution >= 0.6 is 24.0 Å². The van der Waals surface area contributed by atoms with Crippen molar-refractivity contribution in [3.63, 3.8) is 0 Å². The molecule has 1 aromatic carbocycles. The summed E-state index contributed by atoms with van der Waals surface area (Å²) in [7, 11) is 0. The van der Waals surface area contributed by atoms with Gasteiger partial charge in [0.05, 0.1) is 17.0 Å². The first kappa shape index (κ1) is 22.4. The lowest BCUT2D eigenvalue weighted by molar-refractivity contribution is -0.122. The van der Waals surface area contributed by atoms with Gasteiger partial charge in [-0.05, 0) is 48.7 Å². The minimum absolute atomic E-state index is 0.186. The largest absolute Gasteiger partial charge is 0.454 e. The van der Waals surface area contributed by atoms with E-state index in [-0.39, 0.29) is 18.3 Å². The second kappa shape index (κ2) is 9.11. The highest BCUT2D eigenvalue weighted by molar-refractivity contribution is 8.26. The van der Waals surface area contributed by atoms with Crippen molar-refractivity contribution in [3.05, 3.63) is 68.5 Å². The van der Waals surface area contributed by atoms with E-state index < -0.39 is 0 Å². The summed E-state index contributed by atoms with van der Waals surface area (Å²) in [6, 6.07) is 9.26. The maximum Gasteiger partial charge on any atom is 0.267 e. The highest BCUT2D eigenvalue weighted by atomic mass is 32.2. The molecule has 10 heteroatoms. The van der Waals surface area contributed by atoms with Gasteiger partial charge in [-0.15, -0.1) is 0 Å². The number of nitrogens with one attached hydrogen (secondary N) is 1. The molecule has 0 spiro atoms. The number of thioether (sulfide) groups is 1. The Balaban J connectivity index is 1.50. The van der Waals surface area contributed by atoms with Crippen molar-refractivity contribution in [2.75, 3.05) is 18.7 Å². The van der Waals surface area contributed by atoms with Crippen molar-refractivity contribution in [2.24, 2.45) is 0 Å². The first-order chi connectivity index (χ1) is 16.4. The summed E-state index contributed by atoms with van der Waals surface area (Å²) in [5.41, 5.74) is 2.44. The van der Waals surface area contributed by atoms with Gasteiger partial charge in [0.1, 0.15) is 15.8 Å². The highest BCUT2D eigenvalue weighted by Crippen LogP contribution is 2.36. The number of aryl methyl sites for hydroxylation is 1. The maximum atomic E-state index is 13.4. The van der Waals surface area contributed by atoms with E-state index in [1.807, 2.05) is 44.2 Å². The van der Waals surface area contributed by atoms with E-state index >= 15 is 0 Å². The molecule has 0 radical (unpaired) electrons. The van der Waals surface area contributed by atoms with Crippen LogP contribution in [0.2, 0.25) is 0 Å². The summed E-state index contributed by atoms with van der Waals surface area (Å²) >= 11 is 6.68. The second-order valence-electron chi connectivity index (χ2n) is 8.00.